The maximum atomic E-state index is 13.2. The van der Waals surface area contributed by atoms with E-state index in [2.05, 4.69) is 5.32 Å². The molecular formula is C12H15F2NO. The van der Waals surface area contributed by atoms with Crippen LogP contribution >= 0.6 is 0 Å². The highest BCUT2D eigenvalue weighted by molar-refractivity contribution is 5.18. The Balaban J connectivity index is 1.82. The van der Waals surface area contributed by atoms with Crippen molar-refractivity contribution in [2.24, 2.45) is 0 Å². The highest BCUT2D eigenvalue weighted by atomic mass is 19.1. The van der Waals surface area contributed by atoms with Gasteiger partial charge in [0.15, 0.2) is 0 Å². The van der Waals surface area contributed by atoms with Crippen molar-refractivity contribution in [1.29, 1.82) is 0 Å². The average molecular weight is 227 g/mol. The molecule has 4 heteroatoms. The predicted octanol–water partition coefficient (Wildman–Crippen LogP) is 2.23. The molecule has 1 aromatic carbocycles. The van der Waals surface area contributed by atoms with Crippen LogP contribution < -0.4 is 5.32 Å². The van der Waals surface area contributed by atoms with E-state index < -0.39 is 5.82 Å². The largest absolute Gasteiger partial charge is 0.377 e. The third-order valence-electron chi connectivity index (χ3n) is 2.72. The van der Waals surface area contributed by atoms with Gasteiger partial charge in [0.25, 0.3) is 0 Å². The lowest BCUT2D eigenvalue weighted by Crippen LogP contribution is -2.26. The lowest BCUT2D eigenvalue weighted by atomic mass is 10.2. The zero-order valence-corrected chi connectivity index (χ0v) is 9.01. The smallest absolute Gasteiger partial charge is 0.127 e. The van der Waals surface area contributed by atoms with Gasteiger partial charge in [0.05, 0.1) is 6.10 Å². The van der Waals surface area contributed by atoms with E-state index in [1.165, 1.54) is 6.07 Å². The predicted molar refractivity (Wildman–Crippen MR) is 57.0 cm³/mol. The number of rotatable bonds is 4. The molecule has 0 bridgehead atoms. The van der Waals surface area contributed by atoms with Crippen LogP contribution in [0, 0.1) is 11.6 Å². The quantitative estimate of drug-likeness (QED) is 0.851. The van der Waals surface area contributed by atoms with Crippen LogP contribution in [-0.2, 0) is 11.3 Å². The monoisotopic (exact) mass is 227 g/mol. The molecule has 1 saturated heterocycles. The Morgan fingerprint density at radius 2 is 2.25 bits per heavy atom. The Labute approximate surface area is 93.6 Å². The number of nitrogens with one attached hydrogen (secondary N) is 1. The van der Waals surface area contributed by atoms with Gasteiger partial charge >= 0.3 is 0 Å². The van der Waals surface area contributed by atoms with Crippen molar-refractivity contribution in [2.75, 3.05) is 13.2 Å². The molecule has 1 aliphatic heterocycles. The van der Waals surface area contributed by atoms with Crippen molar-refractivity contribution >= 4 is 0 Å². The zero-order chi connectivity index (χ0) is 11.4. The molecule has 0 saturated carbocycles. The number of ether oxygens (including phenoxy) is 1. The third-order valence-corrected chi connectivity index (χ3v) is 2.72. The molecule has 0 unspecified atom stereocenters. The summed E-state index contributed by atoms with van der Waals surface area (Å²) in [5.74, 6) is -0.781. The summed E-state index contributed by atoms with van der Waals surface area (Å²) in [5.41, 5.74) is 0.359. The van der Waals surface area contributed by atoms with Gasteiger partial charge in [-0.3, -0.25) is 0 Å². The van der Waals surface area contributed by atoms with E-state index in [-0.39, 0.29) is 11.9 Å². The Morgan fingerprint density at radius 3 is 3.00 bits per heavy atom. The van der Waals surface area contributed by atoms with Crippen LogP contribution in [0.15, 0.2) is 18.2 Å². The molecule has 1 aromatic rings. The van der Waals surface area contributed by atoms with Gasteiger partial charge < -0.3 is 10.1 Å². The first kappa shape index (κ1) is 11.5. The minimum absolute atomic E-state index is 0.219. The van der Waals surface area contributed by atoms with Crippen LogP contribution in [0.2, 0.25) is 0 Å². The van der Waals surface area contributed by atoms with Crippen molar-refractivity contribution in [3.05, 3.63) is 35.4 Å². The van der Waals surface area contributed by atoms with Crippen molar-refractivity contribution < 1.29 is 13.5 Å². The van der Waals surface area contributed by atoms with E-state index in [1.807, 2.05) is 0 Å². The second-order valence-corrected chi connectivity index (χ2v) is 4.00. The second-order valence-electron chi connectivity index (χ2n) is 4.00. The van der Waals surface area contributed by atoms with Gasteiger partial charge in [-0.1, -0.05) is 0 Å². The third kappa shape index (κ3) is 3.00. The lowest BCUT2D eigenvalue weighted by molar-refractivity contribution is 0.110. The molecule has 88 valence electrons. The summed E-state index contributed by atoms with van der Waals surface area (Å²) < 4.78 is 31.5. The van der Waals surface area contributed by atoms with E-state index >= 15 is 0 Å². The number of hydrogen-bond donors (Lipinski definition) is 1. The number of benzene rings is 1. The van der Waals surface area contributed by atoms with Crippen molar-refractivity contribution in [1.82, 2.24) is 5.32 Å². The van der Waals surface area contributed by atoms with E-state index in [4.69, 9.17) is 4.74 Å². The van der Waals surface area contributed by atoms with E-state index in [1.54, 1.807) is 0 Å². The average Bonchev–Trinajstić information content (AvgIpc) is 2.76. The molecular weight excluding hydrogens is 212 g/mol. The van der Waals surface area contributed by atoms with Gasteiger partial charge in [0, 0.05) is 25.3 Å². The Hall–Kier alpha value is -1.00. The fourth-order valence-electron chi connectivity index (χ4n) is 1.85. The van der Waals surface area contributed by atoms with Crippen LogP contribution in [0.1, 0.15) is 18.4 Å². The van der Waals surface area contributed by atoms with Gasteiger partial charge in [-0.2, -0.15) is 0 Å². The fourth-order valence-corrected chi connectivity index (χ4v) is 1.85. The summed E-state index contributed by atoms with van der Waals surface area (Å²) in [6, 6.07) is 3.50. The minimum Gasteiger partial charge on any atom is -0.377 e. The van der Waals surface area contributed by atoms with Crippen LogP contribution in [0.3, 0.4) is 0 Å². The Kier molecular flexibility index (Phi) is 3.85. The molecule has 0 spiro atoms. The molecule has 0 aliphatic carbocycles. The molecule has 0 aromatic heterocycles. The first-order chi connectivity index (χ1) is 7.75. The maximum absolute atomic E-state index is 13.2. The Morgan fingerprint density at radius 1 is 1.38 bits per heavy atom. The van der Waals surface area contributed by atoms with Crippen molar-refractivity contribution in [3.8, 4) is 0 Å². The van der Waals surface area contributed by atoms with Crippen LogP contribution in [0.5, 0.6) is 0 Å². The molecule has 1 heterocycles. The molecule has 1 atom stereocenters. The number of halogens is 2. The van der Waals surface area contributed by atoms with Gasteiger partial charge in [-0.15, -0.1) is 0 Å². The summed E-state index contributed by atoms with van der Waals surface area (Å²) in [7, 11) is 0. The standard InChI is InChI=1S/C12H15F2NO/c13-10-3-4-12(14)9(6-10)7-15-8-11-2-1-5-16-11/h3-4,6,11,15H,1-2,5,7-8H2/t11-/m1/s1. The van der Waals surface area contributed by atoms with Gasteiger partial charge in [0.2, 0.25) is 0 Å². The van der Waals surface area contributed by atoms with Crippen LogP contribution in [0.4, 0.5) is 8.78 Å². The summed E-state index contributed by atoms with van der Waals surface area (Å²) in [5, 5.41) is 3.08. The molecule has 1 N–H and O–H groups in total. The number of hydrogen-bond acceptors (Lipinski definition) is 2. The SMILES string of the molecule is Fc1ccc(F)c(CNC[C@H]2CCCO2)c1. The minimum atomic E-state index is -0.407. The second kappa shape index (κ2) is 5.37. The van der Waals surface area contributed by atoms with Crippen molar-refractivity contribution in [3.63, 3.8) is 0 Å². The molecule has 16 heavy (non-hydrogen) atoms. The summed E-state index contributed by atoms with van der Waals surface area (Å²) in [6.07, 6.45) is 2.34. The van der Waals surface area contributed by atoms with E-state index in [0.717, 1.165) is 31.6 Å². The van der Waals surface area contributed by atoms with E-state index in [0.29, 0.717) is 18.7 Å². The van der Waals surface area contributed by atoms with E-state index in [9.17, 15) is 8.78 Å². The molecule has 1 fully saturated rings. The normalized spacial score (nSPS) is 20.2. The Bertz CT molecular complexity index is 351. The highest BCUT2D eigenvalue weighted by Crippen LogP contribution is 2.12. The topological polar surface area (TPSA) is 21.3 Å². The fraction of sp³-hybridized carbons (Fsp3) is 0.500. The molecule has 1 aliphatic rings. The maximum Gasteiger partial charge on any atom is 0.127 e. The highest BCUT2D eigenvalue weighted by Gasteiger charge is 2.14. The van der Waals surface area contributed by atoms with Crippen LogP contribution in [-0.4, -0.2) is 19.3 Å². The van der Waals surface area contributed by atoms with Crippen LogP contribution in [0.25, 0.3) is 0 Å². The molecule has 0 radical (unpaired) electrons. The summed E-state index contributed by atoms with van der Waals surface area (Å²) >= 11 is 0. The summed E-state index contributed by atoms with van der Waals surface area (Å²) in [6.45, 7) is 1.83. The summed E-state index contributed by atoms with van der Waals surface area (Å²) in [4.78, 5) is 0. The zero-order valence-electron chi connectivity index (χ0n) is 9.01. The molecule has 2 rings (SSSR count). The van der Waals surface area contributed by atoms with Crippen molar-refractivity contribution in [2.45, 2.75) is 25.5 Å². The van der Waals surface area contributed by atoms with Gasteiger partial charge in [-0.25, -0.2) is 8.78 Å². The molecule has 2 nitrogen and oxygen atoms in total. The lowest BCUT2D eigenvalue weighted by Gasteiger charge is -2.11. The van der Waals surface area contributed by atoms with Gasteiger partial charge in [-0.05, 0) is 31.0 Å². The molecule has 0 amide bonds. The van der Waals surface area contributed by atoms with Gasteiger partial charge in [0.1, 0.15) is 11.6 Å². The first-order valence-corrected chi connectivity index (χ1v) is 5.52. The first-order valence-electron chi connectivity index (χ1n) is 5.52.